The molecule has 0 fully saturated rings. The molecule has 7 heteroatoms. The lowest BCUT2D eigenvalue weighted by Crippen LogP contribution is -2.33. The molecule has 0 aliphatic carbocycles. The number of halogens is 2. The third-order valence-electron chi connectivity index (χ3n) is 2.51. The van der Waals surface area contributed by atoms with Crippen LogP contribution >= 0.6 is 31.9 Å². The minimum absolute atomic E-state index is 0.0593. The molecule has 1 aromatic rings. The zero-order valence-corrected chi connectivity index (χ0v) is 14.8. The van der Waals surface area contributed by atoms with E-state index in [1.807, 2.05) is 6.92 Å². The van der Waals surface area contributed by atoms with Crippen molar-refractivity contribution in [2.24, 2.45) is 5.41 Å². The SMILES string of the molecule is Cc1cc(Br)c(S(=O)(=O)NCC(C)(C)C#N)cc1Br. The number of nitrogens with zero attached hydrogens (tertiary/aromatic N) is 1. The van der Waals surface area contributed by atoms with E-state index in [9.17, 15) is 8.42 Å². The molecule has 1 aromatic carbocycles. The van der Waals surface area contributed by atoms with Crippen LogP contribution in [0.15, 0.2) is 26.0 Å². The van der Waals surface area contributed by atoms with Crippen molar-refractivity contribution in [3.05, 3.63) is 26.6 Å². The fourth-order valence-corrected chi connectivity index (χ4v) is 4.11. The maximum absolute atomic E-state index is 12.2. The zero-order chi connectivity index (χ0) is 14.8. The highest BCUT2D eigenvalue weighted by Crippen LogP contribution is 2.29. The van der Waals surface area contributed by atoms with Crippen molar-refractivity contribution in [1.82, 2.24) is 4.72 Å². The molecule has 4 nitrogen and oxygen atoms in total. The molecule has 0 aromatic heterocycles. The van der Waals surface area contributed by atoms with E-state index in [2.05, 4.69) is 42.7 Å². The zero-order valence-electron chi connectivity index (χ0n) is 10.8. The summed E-state index contributed by atoms with van der Waals surface area (Å²) in [6.07, 6.45) is 0. The summed E-state index contributed by atoms with van der Waals surface area (Å²) in [5.41, 5.74) is 0.185. The fourth-order valence-electron chi connectivity index (χ4n) is 1.23. The standard InChI is InChI=1S/C12H14Br2N2O2S/c1-8-4-10(14)11(5-9(8)13)19(17,18)16-7-12(2,3)6-15/h4-5,16H,7H2,1-3H3. The maximum atomic E-state index is 12.2. The summed E-state index contributed by atoms with van der Waals surface area (Å²) in [4.78, 5) is 0.152. The number of sulfonamides is 1. The quantitative estimate of drug-likeness (QED) is 0.828. The molecule has 0 bridgehead atoms. The molecule has 0 atom stereocenters. The first-order valence-corrected chi connectivity index (χ1v) is 8.52. The van der Waals surface area contributed by atoms with Crippen LogP contribution in [0.3, 0.4) is 0 Å². The van der Waals surface area contributed by atoms with Gasteiger partial charge in [-0.05, 0) is 54.4 Å². The van der Waals surface area contributed by atoms with Crippen molar-refractivity contribution >= 4 is 41.9 Å². The number of hydrogen-bond donors (Lipinski definition) is 1. The Kier molecular flexibility index (Phi) is 5.18. The topological polar surface area (TPSA) is 70.0 Å². The summed E-state index contributed by atoms with van der Waals surface area (Å²) < 4.78 is 28.1. The Morgan fingerprint density at radius 2 is 1.89 bits per heavy atom. The maximum Gasteiger partial charge on any atom is 0.241 e. The highest BCUT2D eigenvalue weighted by atomic mass is 79.9. The molecule has 0 aliphatic heterocycles. The molecule has 19 heavy (non-hydrogen) atoms. The van der Waals surface area contributed by atoms with Gasteiger partial charge >= 0.3 is 0 Å². The minimum Gasteiger partial charge on any atom is -0.210 e. The van der Waals surface area contributed by atoms with Gasteiger partial charge in [0, 0.05) is 15.5 Å². The van der Waals surface area contributed by atoms with Gasteiger partial charge in [-0.3, -0.25) is 0 Å². The summed E-state index contributed by atoms with van der Waals surface area (Å²) >= 11 is 6.56. The third-order valence-corrected chi connectivity index (χ3v) is 5.72. The van der Waals surface area contributed by atoms with Crippen LogP contribution in [0.2, 0.25) is 0 Å². The molecule has 1 N–H and O–H groups in total. The molecular weight excluding hydrogens is 396 g/mol. The van der Waals surface area contributed by atoms with Crippen LogP contribution in [-0.2, 0) is 10.0 Å². The van der Waals surface area contributed by atoms with Gasteiger partial charge in [0.2, 0.25) is 10.0 Å². The van der Waals surface area contributed by atoms with Gasteiger partial charge in [0.1, 0.15) is 0 Å². The second-order valence-corrected chi connectivity index (χ2v) is 8.30. The van der Waals surface area contributed by atoms with Gasteiger partial charge in [-0.2, -0.15) is 5.26 Å². The van der Waals surface area contributed by atoms with Crippen molar-refractivity contribution < 1.29 is 8.42 Å². The predicted molar refractivity (Wildman–Crippen MR) is 81.2 cm³/mol. The van der Waals surface area contributed by atoms with Crippen molar-refractivity contribution in [1.29, 1.82) is 5.26 Å². The van der Waals surface area contributed by atoms with Gasteiger partial charge in [-0.1, -0.05) is 15.9 Å². The summed E-state index contributed by atoms with van der Waals surface area (Å²) in [6.45, 7) is 5.28. The first kappa shape index (κ1) is 16.6. The highest BCUT2D eigenvalue weighted by molar-refractivity contribution is 9.11. The normalized spacial score (nSPS) is 12.2. The average Bonchev–Trinajstić information content (AvgIpc) is 2.31. The minimum atomic E-state index is -3.65. The molecule has 0 saturated heterocycles. The Hall–Kier alpha value is -0.420. The monoisotopic (exact) mass is 408 g/mol. The van der Waals surface area contributed by atoms with Crippen LogP contribution < -0.4 is 4.72 Å². The van der Waals surface area contributed by atoms with Gasteiger partial charge < -0.3 is 0 Å². The van der Waals surface area contributed by atoms with Crippen LogP contribution in [0, 0.1) is 23.7 Å². The molecule has 0 heterocycles. The number of hydrogen-bond acceptors (Lipinski definition) is 3. The summed E-state index contributed by atoms with van der Waals surface area (Å²) in [6, 6.07) is 5.33. The van der Waals surface area contributed by atoms with Crippen molar-refractivity contribution in [2.75, 3.05) is 6.54 Å². The molecule has 0 amide bonds. The third kappa shape index (κ3) is 4.28. The van der Waals surface area contributed by atoms with E-state index in [0.717, 1.165) is 10.0 Å². The molecule has 0 spiro atoms. The van der Waals surface area contributed by atoms with Gasteiger partial charge in [-0.25, -0.2) is 13.1 Å². The first-order valence-electron chi connectivity index (χ1n) is 5.45. The van der Waals surface area contributed by atoms with E-state index >= 15 is 0 Å². The Balaban J connectivity index is 3.09. The second kappa shape index (κ2) is 5.92. The average molecular weight is 410 g/mol. The van der Waals surface area contributed by atoms with Crippen LogP contribution in [-0.4, -0.2) is 15.0 Å². The molecular formula is C12H14Br2N2O2S. The van der Waals surface area contributed by atoms with E-state index in [4.69, 9.17) is 5.26 Å². The van der Waals surface area contributed by atoms with Crippen molar-refractivity contribution in [3.63, 3.8) is 0 Å². The Bertz CT molecular complexity index is 634. The van der Waals surface area contributed by atoms with E-state index in [1.54, 1.807) is 26.0 Å². The largest absolute Gasteiger partial charge is 0.241 e. The van der Waals surface area contributed by atoms with Crippen LogP contribution in [0.25, 0.3) is 0 Å². The molecule has 104 valence electrons. The smallest absolute Gasteiger partial charge is 0.210 e. The van der Waals surface area contributed by atoms with Crippen molar-refractivity contribution in [2.45, 2.75) is 25.7 Å². The van der Waals surface area contributed by atoms with Crippen LogP contribution in [0.5, 0.6) is 0 Å². The second-order valence-electron chi connectivity index (χ2n) is 4.85. The van der Waals surface area contributed by atoms with Crippen LogP contribution in [0.1, 0.15) is 19.4 Å². The number of benzene rings is 1. The number of aryl methyl sites for hydroxylation is 1. The van der Waals surface area contributed by atoms with E-state index in [1.165, 1.54) is 0 Å². The molecule has 0 saturated carbocycles. The molecule has 0 unspecified atom stereocenters. The lowest BCUT2D eigenvalue weighted by atomic mass is 9.97. The van der Waals surface area contributed by atoms with Gasteiger partial charge in [0.15, 0.2) is 0 Å². The number of nitriles is 1. The first-order chi connectivity index (χ1) is 8.59. The van der Waals surface area contributed by atoms with Gasteiger partial charge in [0.25, 0.3) is 0 Å². The summed E-state index contributed by atoms with van der Waals surface area (Å²) in [5.74, 6) is 0. The molecule has 0 radical (unpaired) electrons. The molecule has 1 rings (SSSR count). The van der Waals surface area contributed by atoms with E-state index in [0.29, 0.717) is 4.47 Å². The van der Waals surface area contributed by atoms with Crippen LogP contribution in [0.4, 0.5) is 0 Å². The van der Waals surface area contributed by atoms with Crippen molar-refractivity contribution in [3.8, 4) is 6.07 Å². The predicted octanol–water partition coefficient (Wildman–Crippen LogP) is 3.35. The van der Waals surface area contributed by atoms with Gasteiger partial charge in [-0.15, -0.1) is 0 Å². The lowest BCUT2D eigenvalue weighted by molar-refractivity contribution is 0.478. The number of nitrogens with one attached hydrogen (secondary N) is 1. The van der Waals surface area contributed by atoms with E-state index in [-0.39, 0.29) is 11.4 Å². The Labute approximate surface area is 130 Å². The highest BCUT2D eigenvalue weighted by Gasteiger charge is 2.24. The Morgan fingerprint density at radius 1 is 1.32 bits per heavy atom. The lowest BCUT2D eigenvalue weighted by Gasteiger charge is -2.17. The van der Waals surface area contributed by atoms with Gasteiger partial charge in [0.05, 0.1) is 16.4 Å². The summed E-state index contributed by atoms with van der Waals surface area (Å²) in [7, 11) is -3.65. The fraction of sp³-hybridized carbons (Fsp3) is 0.417. The summed E-state index contributed by atoms with van der Waals surface area (Å²) in [5, 5.41) is 8.89. The Morgan fingerprint density at radius 3 is 2.42 bits per heavy atom. The number of rotatable bonds is 4. The molecule has 0 aliphatic rings. The van der Waals surface area contributed by atoms with E-state index < -0.39 is 15.4 Å².